The Bertz CT molecular complexity index is 176. The van der Waals surface area contributed by atoms with Crippen LogP contribution in [0.15, 0.2) is 0 Å². The average Bonchev–Trinajstić information content (AvgIpc) is 1.83. The monoisotopic (exact) mass is 173 g/mol. The molecule has 3 heteroatoms. The molecule has 0 rings (SSSR count). The number of nitrogens with zero attached hydrogens (tertiary/aromatic N) is 1. The lowest BCUT2D eigenvalue weighted by Gasteiger charge is -2.34. The minimum absolute atomic E-state index is 0.200. The first kappa shape index (κ1) is 10.6. The fourth-order valence-corrected chi connectivity index (χ4v) is 1.77. The molecule has 0 aromatic rings. The van der Waals surface area contributed by atoms with E-state index in [4.69, 9.17) is 5.26 Å². The van der Waals surface area contributed by atoms with Crippen LogP contribution in [0.3, 0.4) is 0 Å². The third-order valence-corrected chi connectivity index (χ3v) is 6.31. The molecule has 1 atom stereocenters. The maximum Gasteiger partial charge on any atom is 0.247 e. The molecular formula is C8H16FNSi. The van der Waals surface area contributed by atoms with Gasteiger partial charge in [-0.1, -0.05) is 13.8 Å². The molecule has 0 bridgehead atoms. The van der Waals surface area contributed by atoms with Crippen molar-refractivity contribution in [3.63, 3.8) is 0 Å². The Balaban J connectivity index is 4.62. The molecule has 0 aliphatic heterocycles. The van der Waals surface area contributed by atoms with Crippen molar-refractivity contribution < 1.29 is 4.11 Å². The van der Waals surface area contributed by atoms with E-state index >= 15 is 0 Å². The van der Waals surface area contributed by atoms with Gasteiger partial charge in [-0.3, -0.25) is 0 Å². The van der Waals surface area contributed by atoms with Crippen LogP contribution in [-0.4, -0.2) is 8.41 Å². The van der Waals surface area contributed by atoms with Crippen LogP contribution in [0, 0.1) is 17.2 Å². The minimum atomic E-state index is -2.69. The van der Waals surface area contributed by atoms with Gasteiger partial charge in [0.25, 0.3) is 0 Å². The van der Waals surface area contributed by atoms with Crippen LogP contribution in [0.5, 0.6) is 0 Å². The summed E-state index contributed by atoms with van der Waals surface area (Å²) in [4.78, 5) is 0. The van der Waals surface area contributed by atoms with Crippen molar-refractivity contribution in [3.05, 3.63) is 0 Å². The molecule has 0 spiro atoms. The van der Waals surface area contributed by atoms with Gasteiger partial charge in [-0.25, -0.2) is 0 Å². The van der Waals surface area contributed by atoms with E-state index in [1.54, 1.807) is 20.0 Å². The Morgan fingerprint density at radius 1 is 1.45 bits per heavy atom. The standard InChI is InChI=1S/C8H16FNSi/c1-7(6-10)8(2,3)11(4,5)9/h7H,1-5H3. The van der Waals surface area contributed by atoms with Gasteiger partial charge < -0.3 is 4.11 Å². The van der Waals surface area contributed by atoms with Crippen LogP contribution < -0.4 is 0 Å². The molecule has 0 aromatic heterocycles. The molecule has 11 heavy (non-hydrogen) atoms. The maximum atomic E-state index is 13.6. The lowest BCUT2D eigenvalue weighted by molar-refractivity contribution is 0.477. The summed E-state index contributed by atoms with van der Waals surface area (Å²) in [6.07, 6.45) is 0. The Labute approximate surface area is 69.4 Å². The topological polar surface area (TPSA) is 23.8 Å². The molecule has 0 saturated heterocycles. The van der Waals surface area contributed by atoms with Crippen LogP contribution in [0.25, 0.3) is 0 Å². The van der Waals surface area contributed by atoms with Gasteiger partial charge in [0.1, 0.15) is 0 Å². The maximum absolute atomic E-state index is 13.6. The van der Waals surface area contributed by atoms with E-state index in [2.05, 4.69) is 6.07 Å². The molecule has 1 unspecified atom stereocenters. The summed E-state index contributed by atoms with van der Waals surface area (Å²) in [7, 11) is -2.69. The second-order valence-electron chi connectivity index (χ2n) is 4.04. The lowest BCUT2D eigenvalue weighted by atomic mass is 9.99. The number of nitriles is 1. The Hall–Kier alpha value is -0.363. The molecule has 0 aliphatic rings. The highest BCUT2D eigenvalue weighted by Gasteiger charge is 2.44. The van der Waals surface area contributed by atoms with Crippen LogP contribution in [0.4, 0.5) is 4.11 Å². The molecule has 0 radical (unpaired) electrons. The third-order valence-electron chi connectivity index (χ3n) is 2.81. The van der Waals surface area contributed by atoms with E-state index in [0.717, 1.165) is 0 Å². The van der Waals surface area contributed by atoms with Crippen molar-refractivity contribution in [1.82, 2.24) is 0 Å². The quantitative estimate of drug-likeness (QED) is 0.465. The number of hydrogen-bond acceptors (Lipinski definition) is 1. The lowest BCUT2D eigenvalue weighted by Crippen LogP contribution is -2.38. The predicted molar refractivity (Wildman–Crippen MR) is 47.4 cm³/mol. The molecule has 0 fully saturated rings. The van der Waals surface area contributed by atoms with Crippen LogP contribution in [-0.2, 0) is 0 Å². The number of halogens is 1. The second kappa shape index (κ2) is 2.94. The first-order valence-electron chi connectivity index (χ1n) is 3.82. The Morgan fingerprint density at radius 3 is 1.91 bits per heavy atom. The van der Waals surface area contributed by atoms with E-state index in [9.17, 15) is 4.11 Å². The summed E-state index contributed by atoms with van der Waals surface area (Å²) in [5.41, 5.74) is 0. The van der Waals surface area contributed by atoms with Crippen molar-refractivity contribution in [3.8, 4) is 6.07 Å². The van der Waals surface area contributed by atoms with Crippen LogP contribution >= 0.6 is 0 Å². The highest BCUT2D eigenvalue weighted by molar-refractivity contribution is 6.73. The summed E-state index contributed by atoms with van der Waals surface area (Å²) < 4.78 is 13.6. The fraction of sp³-hybridized carbons (Fsp3) is 0.875. The summed E-state index contributed by atoms with van der Waals surface area (Å²) >= 11 is 0. The molecule has 0 N–H and O–H groups in total. The summed E-state index contributed by atoms with van der Waals surface area (Å²) in [5.74, 6) is -0.200. The molecule has 0 saturated carbocycles. The zero-order chi connectivity index (χ0) is 9.28. The van der Waals surface area contributed by atoms with Crippen molar-refractivity contribution in [2.24, 2.45) is 5.92 Å². The van der Waals surface area contributed by atoms with Gasteiger partial charge in [0, 0.05) is 11.0 Å². The minimum Gasteiger partial charge on any atom is -0.314 e. The van der Waals surface area contributed by atoms with Crippen LogP contribution in [0.1, 0.15) is 20.8 Å². The molecule has 64 valence electrons. The van der Waals surface area contributed by atoms with Gasteiger partial charge in [-0.05, 0) is 20.0 Å². The summed E-state index contributed by atoms with van der Waals surface area (Å²) in [6, 6.07) is 2.11. The van der Waals surface area contributed by atoms with Crippen molar-refractivity contribution in [1.29, 1.82) is 5.26 Å². The average molecular weight is 173 g/mol. The molecule has 0 aliphatic carbocycles. The first-order chi connectivity index (χ1) is 4.73. The summed E-state index contributed by atoms with van der Waals surface area (Å²) in [5, 5.41) is 8.20. The Morgan fingerprint density at radius 2 is 1.82 bits per heavy atom. The van der Waals surface area contributed by atoms with Crippen molar-refractivity contribution >= 4 is 8.41 Å². The predicted octanol–water partition coefficient (Wildman–Crippen LogP) is 3.10. The fourth-order valence-electron chi connectivity index (χ4n) is 0.676. The normalized spacial score (nSPS) is 15.7. The smallest absolute Gasteiger partial charge is 0.247 e. The van der Waals surface area contributed by atoms with Crippen molar-refractivity contribution in [2.75, 3.05) is 0 Å². The largest absolute Gasteiger partial charge is 0.314 e. The van der Waals surface area contributed by atoms with Gasteiger partial charge >= 0.3 is 0 Å². The van der Waals surface area contributed by atoms with Crippen molar-refractivity contribution in [2.45, 2.75) is 38.9 Å². The molecule has 0 aromatic carbocycles. The SMILES string of the molecule is CC(C#N)C(C)(C)[Si](C)(C)F. The zero-order valence-electron chi connectivity index (χ0n) is 7.90. The van der Waals surface area contributed by atoms with E-state index in [1.165, 1.54) is 0 Å². The molecule has 0 amide bonds. The highest BCUT2D eigenvalue weighted by Crippen LogP contribution is 2.44. The second-order valence-corrected chi connectivity index (χ2v) is 8.28. The van der Waals surface area contributed by atoms with E-state index in [0.29, 0.717) is 0 Å². The van der Waals surface area contributed by atoms with E-state index in [1.807, 2.05) is 13.8 Å². The van der Waals surface area contributed by atoms with Gasteiger partial charge in [-0.15, -0.1) is 0 Å². The van der Waals surface area contributed by atoms with E-state index in [-0.39, 0.29) is 5.92 Å². The van der Waals surface area contributed by atoms with Crippen LogP contribution in [0.2, 0.25) is 18.1 Å². The Kier molecular flexibility index (Phi) is 2.84. The van der Waals surface area contributed by atoms with Gasteiger partial charge in [0.15, 0.2) is 0 Å². The van der Waals surface area contributed by atoms with Gasteiger partial charge in [-0.2, -0.15) is 5.26 Å². The zero-order valence-corrected chi connectivity index (χ0v) is 8.90. The first-order valence-corrected chi connectivity index (χ1v) is 6.70. The number of rotatable bonds is 2. The molecule has 1 nitrogen and oxygen atoms in total. The third kappa shape index (κ3) is 2.03. The molecular weight excluding hydrogens is 157 g/mol. The number of hydrogen-bond donors (Lipinski definition) is 0. The van der Waals surface area contributed by atoms with Gasteiger partial charge in [0.2, 0.25) is 8.41 Å². The van der Waals surface area contributed by atoms with E-state index < -0.39 is 13.4 Å². The summed E-state index contributed by atoms with van der Waals surface area (Å²) in [6.45, 7) is 8.77. The molecule has 0 heterocycles. The van der Waals surface area contributed by atoms with Gasteiger partial charge in [0.05, 0.1) is 6.07 Å². The highest BCUT2D eigenvalue weighted by atomic mass is 28.4.